The first kappa shape index (κ1) is 21.4. The number of aryl methyl sites for hydroxylation is 1. The second-order valence-corrected chi connectivity index (χ2v) is 7.66. The molecule has 2 aromatic rings. The Labute approximate surface area is 172 Å². The van der Waals surface area contributed by atoms with Crippen LogP contribution in [0.4, 0.5) is 24.8 Å². The van der Waals surface area contributed by atoms with E-state index < -0.39 is 23.3 Å². The van der Waals surface area contributed by atoms with E-state index >= 15 is 0 Å². The molecule has 0 aliphatic heterocycles. The largest absolute Gasteiger partial charge is 0.434 e. The van der Waals surface area contributed by atoms with Crippen molar-refractivity contribution in [2.75, 3.05) is 11.9 Å². The summed E-state index contributed by atoms with van der Waals surface area (Å²) < 4.78 is 40.6. The van der Waals surface area contributed by atoms with Gasteiger partial charge in [-0.2, -0.15) is 13.2 Å². The van der Waals surface area contributed by atoms with Crippen LogP contribution in [0, 0.1) is 12.8 Å². The lowest BCUT2D eigenvalue weighted by Crippen LogP contribution is -2.32. The summed E-state index contributed by atoms with van der Waals surface area (Å²) >= 11 is 6.04. The summed E-state index contributed by atoms with van der Waals surface area (Å²) in [6.45, 7) is 2.17. The predicted molar refractivity (Wildman–Crippen MR) is 105 cm³/mol. The smallest absolute Gasteiger partial charge is 0.352 e. The van der Waals surface area contributed by atoms with Gasteiger partial charge in [-0.1, -0.05) is 36.9 Å². The van der Waals surface area contributed by atoms with Gasteiger partial charge in [-0.3, -0.25) is 4.79 Å². The van der Waals surface area contributed by atoms with Crippen molar-refractivity contribution < 1.29 is 18.0 Å². The normalized spacial score (nSPS) is 15.2. The number of nitrogens with zero attached hydrogens (tertiary/aromatic N) is 2. The van der Waals surface area contributed by atoms with Crippen molar-refractivity contribution >= 4 is 29.1 Å². The number of anilines is 2. The van der Waals surface area contributed by atoms with Crippen molar-refractivity contribution in [1.29, 1.82) is 0 Å². The molecular formula is C20H22ClF3N4O. The van der Waals surface area contributed by atoms with Crippen molar-refractivity contribution in [3.63, 3.8) is 0 Å². The Hall–Kier alpha value is -2.35. The van der Waals surface area contributed by atoms with E-state index in [9.17, 15) is 18.0 Å². The molecule has 0 radical (unpaired) electrons. The van der Waals surface area contributed by atoms with Gasteiger partial charge in [0.2, 0.25) is 5.95 Å². The third-order valence-electron chi connectivity index (χ3n) is 5.01. The number of amides is 1. The minimum absolute atomic E-state index is 0.263. The van der Waals surface area contributed by atoms with Crippen LogP contribution < -0.4 is 10.6 Å². The molecule has 1 amide bonds. The molecule has 156 valence electrons. The second kappa shape index (κ2) is 8.98. The maximum Gasteiger partial charge on any atom is 0.434 e. The quantitative estimate of drug-likeness (QED) is 0.661. The lowest BCUT2D eigenvalue weighted by molar-refractivity contribution is -0.141. The Morgan fingerprint density at radius 3 is 2.62 bits per heavy atom. The highest BCUT2D eigenvalue weighted by Gasteiger charge is 2.38. The Bertz CT molecular complexity index is 883. The van der Waals surface area contributed by atoms with Crippen molar-refractivity contribution in [1.82, 2.24) is 15.3 Å². The highest BCUT2D eigenvalue weighted by molar-refractivity contribution is 6.31. The molecule has 1 aromatic carbocycles. The number of alkyl halides is 3. The maximum atomic E-state index is 13.5. The van der Waals surface area contributed by atoms with E-state index in [0.29, 0.717) is 23.2 Å². The SMILES string of the molecule is Cc1ccc(Nc2ncc(C(=O)NCC3CCCCC3)c(C(F)(F)F)n2)cc1Cl. The Kier molecular flexibility index (Phi) is 6.62. The van der Waals surface area contributed by atoms with Gasteiger partial charge in [-0.05, 0) is 43.4 Å². The predicted octanol–water partition coefficient (Wildman–Crippen LogP) is 5.51. The van der Waals surface area contributed by atoms with Crippen molar-refractivity contribution in [3.05, 3.63) is 46.2 Å². The summed E-state index contributed by atoms with van der Waals surface area (Å²) in [5, 5.41) is 5.77. The van der Waals surface area contributed by atoms with Crippen molar-refractivity contribution in [2.45, 2.75) is 45.2 Å². The van der Waals surface area contributed by atoms with Gasteiger partial charge in [-0.15, -0.1) is 0 Å². The van der Waals surface area contributed by atoms with Crippen LogP contribution >= 0.6 is 11.6 Å². The number of hydrogen-bond acceptors (Lipinski definition) is 4. The molecule has 1 heterocycles. The van der Waals surface area contributed by atoms with Gasteiger partial charge in [0.05, 0.1) is 5.56 Å². The van der Waals surface area contributed by atoms with E-state index in [-0.39, 0.29) is 5.95 Å². The third kappa shape index (κ3) is 5.59. The molecule has 29 heavy (non-hydrogen) atoms. The molecule has 0 atom stereocenters. The lowest BCUT2D eigenvalue weighted by Gasteiger charge is -2.22. The number of hydrogen-bond donors (Lipinski definition) is 2. The molecule has 1 fully saturated rings. The first-order chi connectivity index (χ1) is 13.7. The fourth-order valence-corrected chi connectivity index (χ4v) is 3.53. The van der Waals surface area contributed by atoms with Crippen LogP contribution in [0.3, 0.4) is 0 Å². The Morgan fingerprint density at radius 2 is 1.97 bits per heavy atom. The lowest BCUT2D eigenvalue weighted by atomic mass is 9.89. The maximum absolute atomic E-state index is 13.5. The number of halogens is 4. The monoisotopic (exact) mass is 426 g/mol. The van der Waals surface area contributed by atoms with Gasteiger partial charge >= 0.3 is 6.18 Å². The molecule has 0 spiro atoms. The average molecular weight is 427 g/mol. The molecule has 0 bridgehead atoms. The van der Waals surface area contributed by atoms with Crippen LogP contribution in [0.25, 0.3) is 0 Å². The summed E-state index contributed by atoms with van der Waals surface area (Å²) in [4.78, 5) is 19.8. The van der Waals surface area contributed by atoms with E-state index in [4.69, 9.17) is 11.6 Å². The molecule has 2 N–H and O–H groups in total. The fraction of sp³-hybridized carbons (Fsp3) is 0.450. The molecule has 0 saturated heterocycles. The molecule has 5 nitrogen and oxygen atoms in total. The molecule has 0 unspecified atom stereocenters. The van der Waals surface area contributed by atoms with Gasteiger partial charge in [0.25, 0.3) is 5.91 Å². The zero-order valence-electron chi connectivity index (χ0n) is 15.9. The molecule has 1 saturated carbocycles. The van der Waals surface area contributed by atoms with Crippen LogP contribution in [0.2, 0.25) is 5.02 Å². The van der Waals surface area contributed by atoms with Crippen LogP contribution in [-0.4, -0.2) is 22.4 Å². The number of rotatable bonds is 5. The van der Waals surface area contributed by atoms with E-state index in [1.165, 1.54) is 0 Å². The van der Waals surface area contributed by atoms with E-state index in [1.807, 2.05) is 6.92 Å². The topological polar surface area (TPSA) is 66.9 Å². The number of carbonyl (C=O) groups excluding carboxylic acids is 1. The summed E-state index contributed by atoms with van der Waals surface area (Å²) in [6.07, 6.45) is 1.40. The minimum atomic E-state index is -4.79. The first-order valence-corrected chi connectivity index (χ1v) is 9.87. The van der Waals surface area contributed by atoms with Crippen LogP contribution in [0.1, 0.15) is 53.7 Å². The standard InChI is InChI=1S/C20H22ClF3N4O/c1-12-7-8-14(9-16(12)21)27-19-26-11-15(17(28-19)20(22,23)24)18(29)25-10-13-5-3-2-4-6-13/h7-9,11,13H,2-6,10H2,1H3,(H,25,29)(H,26,27,28). The molecule has 3 rings (SSSR count). The molecular weight excluding hydrogens is 405 g/mol. The van der Waals surface area contributed by atoms with Gasteiger partial charge < -0.3 is 10.6 Å². The molecule has 9 heteroatoms. The number of aromatic nitrogens is 2. The zero-order chi connectivity index (χ0) is 21.0. The van der Waals surface area contributed by atoms with E-state index in [2.05, 4.69) is 20.6 Å². The van der Waals surface area contributed by atoms with E-state index in [1.54, 1.807) is 18.2 Å². The van der Waals surface area contributed by atoms with E-state index in [0.717, 1.165) is 43.9 Å². The zero-order valence-corrected chi connectivity index (χ0v) is 16.7. The Morgan fingerprint density at radius 1 is 1.24 bits per heavy atom. The second-order valence-electron chi connectivity index (χ2n) is 7.26. The van der Waals surface area contributed by atoms with Gasteiger partial charge in [0.15, 0.2) is 5.69 Å². The summed E-state index contributed by atoms with van der Waals surface area (Å²) in [5.41, 5.74) is -0.572. The summed E-state index contributed by atoms with van der Waals surface area (Å²) in [7, 11) is 0. The number of nitrogens with one attached hydrogen (secondary N) is 2. The minimum Gasteiger partial charge on any atom is -0.352 e. The summed E-state index contributed by atoms with van der Waals surface area (Å²) in [5.74, 6) is -0.774. The van der Waals surface area contributed by atoms with Crippen LogP contribution in [0.5, 0.6) is 0 Å². The fourth-order valence-electron chi connectivity index (χ4n) is 3.35. The highest BCUT2D eigenvalue weighted by Crippen LogP contribution is 2.32. The van der Waals surface area contributed by atoms with Crippen LogP contribution in [0.15, 0.2) is 24.4 Å². The van der Waals surface area contributed by atoms with Crippen molar-refractivity contribution in [3.8, 4) is 0 Å². The molecule has 1 aliphatic rings. The van der Waals surface area contributed by atoms with Crippen LogP contribution in [-0.2, 0) is 6.18 Å². The average Bonchev–Trinajstić information content (AvgIpc) is 2.69. The van der Waals surface area contributed by atoms with Gasteiger partial charge in [0, 0.05) is 23.5 Å². The molecule has 1 aromatic heterocycles. The summed E-state index contributed by atoms with van der Waals surface area (Å²) in [6, 6.07) is 4.95. The number of carbonyl (C=O) groups is 1. The van der Waals surface area contributed by atoms with Crippen molar-refractivity contribution in [2.24, 2.45) is 5.92 Å². The molecule has 1 aliphatic carbocycles. The highest BCUT2D eigenvalue weighted by atomic mass is 35.5. The van der Waals surface area contributed by atoms with Gasteiger partial charge in [-0.25, -0.2) is 9.97 Å². The Balaban J connectivity index is 1.78. The first-order valence-electron chi connectivity index (χ1n) is 9.49. The van der Waals surface area contributed by atoms with Gasteiger partial charge in [0.1, 0.15) is 0 Å². The number of benzene rings is 1. The third-order valence-corrected chi connectivity index (χ3v) is 5.41.